The second-order valence-electron chi connectivity index (χ2n) is 2.80. The molecule has 2 nitrogen and oxygen atoms in total. The lowest BCUT2D eigenvalue weighted by atomic mass is 10.1. The van der Waals surface area contributed by atoms with E-state index in [0.29, 0.717) is 5.02 Å². The molecule has 3 heteroatoms. The fourth-order valence-corrected chi connectivity index (χ4v) is 1.39. The quantitative estimate of drug-likeness (QED) is 0.684. The first kappa shape index (κ1) is 15.7. The molecule has 1 aromatic heterocycles. The third-order valence-electron chi connectivity index (χ3n) is 1.78. The van der Waals surface area contributed by atoms with Gasteiger partial charge in [0.25, 0.3) is 0 Å². The van der Waals surface area contributed by atoms with E-state index < -0.39 is 0 Å². The van der Waals surface area contributed by atoms with Gasteiger partial charge in [-0.05, 0) is 13.0 Å². The van der Waals surface area contributed by atoms with Crippen LogP contribution in [0.3, 0.4) is 0 Å². The molecule has 0 spiro atoms. The zero-order valence-electron chi connectivity index (χ0n) is 11.1. The molecule has 0 saturated carbocycles. The largest absolute Gasteiger partial charge is 0.361 e. The average molecular weight is 254 g/mol. The molecular formula is C14H20ClNO. The first-order valence-electron chi connectivity index (χ1n) is 5.95. The first-order valence-corrected chi connectivity index (χ1v) is 6.33. The van der Waals surface area contributed by atoms with E-state index in [4.69, 9.17) is 16.1 Å². The van der Waals surface area contributed by atoms with E-state index in [1.54, 1.807) is 0 Å². The summed E-state index contributed by atoms with van der Waals surface area (Å²) in [7, 11) is 0. The lowest BCUT2D eigenvalue weighted by Crippen LogP contribution is -1.77. The highest BCUT2D eigenvalue weighted by atomic mass is 35.5. The predicted octanol–water partition coefficient (Wildman–Crippen LogP) is 5.36. The van der Waals surface area contributed by atoms with Crippen LogP contribution in [0.4, 0.5) is 0 Å². The van der Waals surface area contributed by atoms with Gasteiger partial charge in [-0.2, -0.15) is 0 Å². The third-order valence-corrected chi connectivity index (χ3v) is 2.11. The molecule has 0 aliphatic rings. The number of halogens is 1. The van der Waals surface area contributed by atoms with E-state index in [-0.39, 0.29) is 0 Å². The van der Waals surface area contributed by atoms with Crippen LogP contribution in [0, 0.1) is 6.92 Å². The summed E-state index contributed by atoms with van der Waals surface area (Å²) >= 11 is 5.99. The minimum atomic E-state index is 0.691. The fourth-order valence-electron chi connectivity index (χ4n) is 1.16. The number of aryl methyl sites for hydroxylation is 1. The molecule has 17 heavy (non-hydrogen) atoms. The maximum Gasteiger partial charge on any atom is 0.134 e. The molecule has 0 fully saturated rings. The van der Waals surface area contributed by atoms with Crippen LogP contribution in [-0.2, 0) is 0 Å². The molecule has 2 rings (SSSR count). The Morgan fingerprint density at radius 3 is 2.12 bits per heavy atom. The highest BCUT2D eigenvalue weighted by Crippen LogP contribution is 2.26. The molecule has 0 bridgehead atoms. The molecule has 0 atom stereocenters. The van der Waals surface area contributed by atoms with Crippen molar-refractivity contribution in [2.45, 2.75) is 34.6 Å². The molecule has 1 aromatic carbocycles. The van der Waals surface area contributed by atoms with Crippen LogP contribution < -0.4 is 0 Å². The van der Waals surface area contributed by atoms with E-state index in [1.165, 1.54) is 0 Å². The molecule has 94 valence electrons. The van der Waals surface area contributed by atoms with Gasteiger partial charge in [-0.3, -0.25) is 0 Å². The lowest BCUT2D eigenvalue weighted by Gasteiger charge is -1.96. The molecule has 0 radical (unpaired) electrons. The van der Waals surface area contributed by atoms with Crippen LogP contribution in [0.25, 0.3) is 11.3 Å². The average Bonchev–Trinajstić information content (AvgIpc) is 2.81. The summed E-state index contributed by atoms with van der Waals surface area (Å²) in [4.78, 5) is 0. The molecule has 2 aromatic rings. The molecule has 0 N–H and O–H groups in total. The second-order valence-corrected chi connectivity index (χ2v) is 3.21. The van der Waals surface area contributed by atoms with Crippen molar-refractivity contribution in [2.75, 3.05) is 0 Å². The summed E-state index contributed by atoms with van der Waals surface area (Å²) < 4.78 is 4.97. The van der Waals surface area contributed by atoms with E-state index in [0.717, 1.165) is 17.0 Å². The lowest BCUT2D eigenvalue weighted by molar-refractivity contribution is 0.399. The summed E-state index contributed by atoms with van der Waals surface area (Å²) in [5.41, 5.74) is 1.68. The van der Waals surface area contributed by atoms with Gasteiger partial charge in [0.1, 0.15) is 11.5 Å². The summed E-state index contributed by atoms with van der Waals surface area (Å²) in [6.45, 7) is 9.85. The van der Waals surface area contributed by atoms with E-state index >= 15 is 0 Å². The second kappa shape index (κ2) is 8.82. The summed E-state index contributed by atoms with van der Waals surface area (Å²) in [5, 5.41) is 4.58. The van der Waals surface area contributed by atoms with Gasteiger partial charge in [0, 0.05) is 11.6 Å². The van der Waals surface area contributed by atoms with Gasteiger partial charge < -0.3 is 4.52 Å². The Hall–Kier alpha value is -1.28. The van der Waals surface area contributed by atoms with Crippen molar-refractivity contribution in [3.8, 4) is 11.3 Å². The molecule has 0 aliphatic heterocycles. The van der Waals surface area contributed by atoms with Crippen LogP contribution in [0.15, 0.2) is 34.9 Å². The molecule has 0 unspecified atom stereocenters. The van der Waals surface area contributed by atoms with Crippen LogP contribution in [0.1, 0.15) is 33.5 Å². The number of rotatable bonds is 1. The number of hydrogen-bond acceptors (Lipinski definition) is 2. The van der Waals surface area contributed by atoms with Gasteiger partial charge >= 0.3 is 0 Å². The zero-order chi connectivity index (χ0) is 13.3. The smallest absolute Gasteiger partial charge is 0.134 e. The molecular weight excluding hydrogens is 234 g/mol. The van der Waals surface area contributed by atoms with Crippen LogP contribution >= 0.6 is 11.6 Å². The Labute approximate surface area is 109 Å². The predicted molar refractivity (Wildman–Crippen MR) is 74.4 cm³/mol. The number of benzene rings is 1. The Morgan fingerprint density at radius 1 is 1.06 bits per heavy atom. The van der Waals surface area contributed by atoms with E-state index in [2.05, 4.69) is 5.16 Å². The Morgan fingerprint density at radius 2 is 1.65 bits per heavy atom. The van der Waals surface area contributed by atoms with Gasteiger partial charge in [0.15, 0.2) is 0 Å². The molecule has 0 aliphatic carbocycles. The number of nitrogens with zero attached hydrogens (tertiary/aromatic N) is 1. The van der Waals surface area contributed by atoms with Crippen molar-refractivity contribution in [1.29, 1.82) is 0 Å². The van der Waals surface area contributed by atoms with Crippen LogP contribution in [-0.4, -0.2) is 5.16 Å². The fraction of sp³-hybridized carbons (Fsp3) is 0.357. The van der Waals surface area contributed by atoms with Crippen LogP contribution in [0.5, 0.6) is 0 Å². The molecule has 0 amide bonds. The van der Waals surface area contributed by atoms with E-state index in [9.17, 15) is 0 Å². The summed E-state index contributed by atoms with van der Waals surface area (Å²) in [5.74, 6) is 0.787. The van der Waals surface area contributed by atoms with Crippen molar-refractivity contribution in [1.82, 2.24) is 5.16 Å². The van der Waals surface area contributed by atoms with Crippen molar-refractivity contribution in [3.63, 3.8) is 0 Å². The van der Waals surface area contributed by atoms with Crippen molar-refractivity contribution < 1.29 is 4.52 Å². The standard InChI is InChI=1S/C10H8ClNO.2C2H6/c1-7-6-10(12-13-7)8-4-2-3-5-9(8)11;2*1-2/h2-6H,1H3;2*1-2H3. The Balaban J connectivity index is 0.000000581. The number of hydrogen-bond donors (Lipinski definition) is 0. The maximum atomic E-state index is 5.99. The first-order chi connectivity index (χ1) is 8.27. The third kappa shape index (κ3) is 4.61. The molecule has 0 saturated heterocycles. The maximum absolute atomic E-state index is 5.99. The summed E-state index contributed by atoms with van der Waals surface area (Å²) in [6, 6.07) is 9.42. The monoisotopic (exact) mass is 253 g/mol. The zero-order valence-corrected chi connectivity index (χ0v) is 11.9. The van der Waals surface area contributed by atoms with Gasteiger partial charge in [-0.1, -0.05) is 62.7 Å². The Kier molecular flexibility index (Phi) is 8.16. The highest BCUT2D eigenvalue weighted by Gasteiger charge is 2.06. The normalized spacial score (nSPS) is 8.59. The minimum absolute atomic E-state index is 0.691. The van der Waals surface area contributed by atoms with Crippen molar-refractivity contribution >= 4 is 11.6 Å². The van der Waals surface area contributed by atoms with Crippen molar-refractivity contribution in [3.05, 3.63) is 41.1 Å². The van der Waals surface area contributed by atoms with Crippen LogP contribution in [0.2, 0.25) is 5.02 Å². The number of aromatic nitrogens is 1. The molecule has 1 heterocycles. The van der Waals surface area contributed by atoms with Gasteiger partial charge in [0.05, 0.1) is 5.02 Å². The summed E-state index contributed by atoms with van der Waals surface area (Å²) in [6.07, 6.45) is 0. The Bertz CT molecular complexity index is 424. The SMILES string of the molecule is CC.CC.Cc1cc(-c2ccccc2Cl)no1. The van der Waals surface area contributed by atoms with Gasteiger partial charge in [0.2, 0.25) is 0 Å². The van der Waals surface area contributed by atoms with Gasteiger partial charge in [-0.25, -0.2) is 0 Å². The van der Waals surface area contributed by atoms with Gasteiger partial charge in [-0.15, -0.1) is 0 Å². The highest BCUT2D eigenvalue weighted by molar-refractivity contribution is 6.33. The van der Waals surface area contributed by atoms with Crippen molar-refractivity contribution in [2.24, 2.45) is 0 Å². The minimum Gasteiger partial charge on any atom is -0.361 e. The van der Waals surface area contributed by atoms with E-state index in [1.807, 2.05) is 65.0 Å². The topological polar surface area (TPSA) is 26.0 Å².